The molecule has 9 nitrogen and oxygen atoms in total. The first-order chi connectivity index (χ1) is 18.1. The Hall–Kier alpha value is -3.18. The van der Waals surface area contributed by atoms with E-state index in [0.29, 0.717) is 17.7 Å². The van der Waals surface area contributed by atoms with Gasteiger partial charge in [0.25, 0.3) is 0 Å². The maximum absolute atomic E-state index is 14.8. The number of methoxy groups -OCH3 is 1. The maximum atomic E-state index is 14.8. The fourth-order valence-corrected chi connectivity index (χ4v) is 5.67. The second-order valence-corrected chi connectivity index (χ2v) is 11.6. The molecule has 11 heteroatoms. The molecule has 1 saturated carbocycles. The number of hydrogen-bond acceptors (Lipinski definition) is 5. The van der Waals surface area contributed by atoms with Gasteiger partial charge in [-0.1, -0.05) is 44.0 Å². The lowest BCUT2D eigenvalue weighted by atomic mass is 10.1. The molecule has 2 amide bonds. The summed E-state index contributed by atoms with van der Waals surface area (Å²) in [6.45, 7) is 1.16. The summed E-state index contributed by atoms with van der Waals surface area (Å²) in [7, 11) is -0.0851. The molecule has 1 aliphatic rings. The van der Waals surface area contributed by atoms with Crippen molar-refractivity contribution < 1.29 is 27.1 Å². The Labute approximate surface area is 224 Å². The number of para-hydroxylation sites is 1. The third kappa shape index (κ3) is 7.02. The molecule has 2 aromatic carbocycles. The first kappa shape index (κ1) is 29.4. The van der Waals surface area contributed by atoms with Crippen LogP contribution in [0.4, 0.5) is 10.1 Å². The number of nitrogens with zero attached hydrogens (tertiary/aromatic N) is 3. The van der Waals surface area contributed by atoms with Crippen LogP contribution in [0.15, 0.2) is 48.5 Å². The summed E-state index contributed by atoms with van der Waals surface area (Å²) in [5.41, 5.74) is 0.456. The first-order valence-corrected chi connectivity index (χ1v) is 14.2. The van der Waals surface area contributed by atoms with Gasteiger partial charge in [0.2, 0.25) is 11.8 Å². The summed E-state index contributed by atoms with van der Waals surface area (Å²) < 4.78 is 48.1. The molecule has 1 atom stereocenters. The minimum Gasteiger partial charge on any atom is -0.497 e. The lowest BCUT2D eigenvalue weighted by Gasteiger charge is -2.34. The van der Waals surface area contributed by atoms with Gasteiger partial charge in [0.15, 0.2) is 0 Å². The second-order valence-electron chi connectivity index (χ2n) is 9.54. The van der Waals surface area contributed by atoms with Crippen molar-refractivity contribution in [3.8, 4) is 5.75 Å². The third-order valence-electron chi connectivity index (χ3n) is 6.71. The number of benzene rings is 2. The van der Waals surface area contributed by atoms with E-state index in [2.05, 4.69) is 5.32 Å². The number of anilines is 1. The summed E-state index contributed by atoms with van der Waals surface area (Å²) in [5.74, 6) is -1.11. The van der Waals surface area contributed by atoms with Crippen LogP contribution in [0.1, 0.15) is 44.6 Å². The molecule has 0 bridgehead atoms. The normalized spacial score (nSPS) is 14.8. The van der Waals surface area contributed by atoms with Crippen molar-refractivity contribution in [3.05, 3.63) is 59.9 Å². The van der Waals surface area contributed by atoms with E-state index in [0.717, 1.165) is 40.4 Å². The van der Waals surface area contributed by atoms with Crippen molar-refractivity contribution in [2.45, 2.75) is 57.7 Å². The zero-order valence-corrected chi connectivity index (χ0v) is 23.2. The molecule has 208 valence electrons. The summed E-state index contributed by atoms with van der Waals surface area (Å²) in [6, 6.07) is 11.7. The zero-order valence-electron chi connectivity index (χ0n) is 22.4. The Kier molecular flexibility index (Phi) is 10.1. The van der Waals surface area contributed by atoms with E-state index in [1.807, 2.05) is 0 Å². The van der Waals surface area contributed by atoms with Crippen molar-refractivity contribution in [3.63, 3.8) is 0 Å². The quantitative estimate of drug-likeness (QED) is 0.439. The highest BCUT2D eigenvalue weighted by Crippen LogP contribution is 2.25. The molecule has 0 aromatic heterocycles. The van der Waals surface area contributed by atoms with Crippen LogP contribution in [0.25, 0.3) is 0 Å². The van der Waals surface area contributed by atoms with Crippen LogP contribution in [0.2, 0.25) is 0 Å². The van der Waals surface area contributed by atoms with E-state index in [4.69, 9.17) is 4.74 Å². The fraction of sp³-hybridized carbons (Fsp3) is 0.481. The number of ether oxygens (including phenoxy) is 1. The SMILES string of the molecule is CCC(C(=O)NC1CCCC1)N(Cc1cccc(OC)c1)C(=O)CN(c1ccccc1F)S(=O)(=O)N(C)C. The summed E-state index contributed by atoms with van der Waals surface area (Å²) in [6.07, 6.45) is 4.15. The molecule has 0 aliphatic heterocycles. The van der Waals surface area contributed by atoms with E-state index in [9.17, 15) is 22.4 Å². The predicted molar refractivity (Wildman–Crippen MR) is 144 cm³/mol. The van der Waals surface area contributed by atoms with Crippen LogP contribution in [0.5, 0.6) is 5.75 Å². The molecule has 1 aliphatic carbocycles. The molecular formula is C27H37FN4O5S. The van der Waals surface area contributed by atoms with Crippen LogP contribution in [0, 0.1) is 5.82 Å². The Balaban J connectivity index is 1.99. The highest BCUT2D eigenvalue weighted by atomic mass is 32.2. The molecule has 1 fully saturated rings. The number of hydrogen-bond donors (Lipinski definition) is 1. The fourth-order valence-electron chi connectivity index (χ4n) is 4.61. The van der Waals surface area contributed by atoms with Gasteiger partial charge < -0.3 is 15.0 Å². The molecule has 0 saturated heterocycles. The zero-order chi connectivity index (χ0) is 27.9. The van der Waals surface area contributed by atoms with E-state index in [-0.39, 0.29) is 24.2 Å². The largest absolute Gasteiger partial charge is 0.497 e. The van der Waals surface area contributed by atoms with Crippen LogP contribution >= 0.6 is 0 Å². The lowest BCUT2D eigenvalue weighted by Crippen LogP contribution is -2.54. The number of halogens is 1. The number of amides is 2. The van der Waals surface area contributed by atoms with Gasteiger partial charge in [0.1, 0.15) is 24.2 Å². The molecule has 0 radical (unpaired) electrons. The molecule has 0 heterocycles. The van der Waals surface area contributed by atoms with Crippen molar-refractivity contribution in [2.24, 2.45) is 0 Å². The highest BCUT2D eigenvalue weighted by Gasteiger charge is 2.35. The molecular weight excluding hydrogens is 511 g/mol. The number of rotatable bonds is 12. The van der Waals surface area contributed by atoms with Gasteiger partial charge in [-0.2, -0.15) is 12.7 Å². The molecule has 0 spiro atoms. The molecule has 2 aromatic rings. The molecule has 1 N–H and O–H groups in total. The summed E-state index contributed by atoms with van der Waals surface area (Å²) >= 11 is 0. The van der Waals surface area contributed by atoms with Gasteiger partial charge in [-0.05, 0) is 49.1 Å². The highest BCUT2D eigenvalue weighted by molar-refractivity contribution is 7.90. The van der Waals surface area contributed by atoms with Crippen molar-refractivity contribution >= 4 is 27.7 Å². The summed E-state index contributed by atoms with van der Waals surface area (Å²) in [5, 5.41) is 3.06. The minimum absolute atomic E-state index is 0.0414. The van der Waals surface area contributed by atoms with Crippen LogP contribution < -0.4 is 14.4 Å². The Morgan fingerprint density at radius 2 is 1.79 bits per heavy atom. The van der Waals surface area contributed by atoms with Gasteiger partial charge in [-0.3, -0.25) is 9.59 Å². The van der Waals surface area contributed by atoms with Crippen LogP contribution in [0.3, 0.4) is 0 Å². The van der Waals surface area contributed by atoms with Crippen molar-refractivity contribution in [2.75, 3.05) is 32.1 Å². The second kappa shape index (κ2) is 13.1. The van der Waals surface area contributed by atoms with Gasteiger partial charge in [0, 0.05) is 26.7 Å². The smallest absolute Gasteiger partial charge is 0.304 e. The van der Waals surface area contributed by atoms with E-state index >= 15 is 0 Å². The Morgan fingerprint density at radius 1 is 1.11 bits per heavy atom. The third-order valence-corrected chi connectivity index (χ3v) is 8.52. The average Bonchev–Trinajstić information content (AvgIpc) is 3.40. The average molecular weight is 549 g/mol. The number of nitrogens with one attached hydrogen (secondary N) is 1. The predicted octanol–water partition coefficient (Wildman–Crippen LogP) is 3.31. The van der Waals surface area contributed by atoms with Gasteiger partial charge in [-0.15, -0.1) is 0 Å². The number of carbonyl (C=O) groups is 2. The molecule has 1 unspecified atom stereocenters. The van der Waals surface area contributed by atoms with Gasteiger partial charge >= 0.3 is 10.2 Å². The van der Waals surface area contributed by atoms with E-state index in [1.54, 1.807) is 31.2 Å². The van der Waals surface area contributed by atoms with Gasteiger partial charge in [-0.25, -0.2) is 8.70 Å². The minimum atomic E-state index is -4.24. The Morgan fingerprint density at radius 3 is 2.39 bits per heavy atom. The number of carbonyl (C=O) groups excluding carboxylic acids is 2. The van der Waals surface area contributed by atoms with E-state index in [1.165, 1.54) is 44.3 Å². The van der Waals surface area contributed by atoms with Crippen LogP contribution in [-0.4, -0.2) is 69.3 Å². The monoisotopic (exact) mass is 548 g/mol. The van der Waals surface area contributed by atoms with E-state index < -0.39 is 34.5 Å². The topological polar surface area (TPSA) is 99.3 Å². The molecule has 38 heavy (non-hydrogen) atoms. The maximum Gasteiger partial charge on any atom is 0.304 e. The van der Waals surface area contributed by atoms with Gasteiger partial charge in [0.05, 0.1) is 12.8 Å². The van der Waals surface area contributed by atoms with Crippen molar-refractivity contribution in [1.82, 2.24) is 14.5 Å². The summed E-state index contributed by atoms with van der Waals surface area (Å²) in [4.78, 5) is 28.6. The lowest BCUT2D eigenvalue weighted by molar-refractivity contribution is -0.140. The van der Waals surface area contributed by atoms with Crippen molar-refractivity contribution in [1.29, 1.82) is 0 Å². The first-order valence-electron chi connectivity index (χ1n) is 12.8. The molecule has 3 rings (SSSR count). The standard InChI is InChI=1S/C27H37FN4O5S/c1-5-24(27(34)29-21-12-6-7-13-21)31(18-20-11-10-14-22(17-20)37-4)26(33)19-32(38(35,36)30(2)3)25-16-9-8-15-23(25)28/h8-11,14-17,21,24H,5-7,12-13,18-19H2,1-4H3,(H,29,34). The Bertz CT molecular complexity index is 1220. The van der Waals surface area contributed by atoms with Crippen LogP contribution in [-0.2, 0) is 26.3 Å².